The van der Waals surface area contributed by atoms with Crippen molar-refractivity contribution in [2.45, 2.75) is 12.1 Å². The highest BCUT2D eigenvalue weighted by Crippen LogP contribution is 2.44. The maximum atomic E-state index is 13.1. The van der Waals surface area contributed by atoms with E-state index < -0.39 is 29.3 Å². The normalized spacial score (nSPS) is 14.5. The monoisotopic (exact) mass is 258 g/mol. The molecular weight excluding hydrogens is 253 g/mol. The Balaban J connectivity index is 3.23. The number of rotatable bonds is 2. The Morgan fingerprint density at radius 1 is 0.824 bits per heavy atom. The number of hydrogen-bond acceptors (Lipinski definition) is 0. The van der Waals surface area contributed by atoms with Gasteiger partial charge in [-0.25, -0.2) is 8.78 Å². The van der Waals surface area contributed by atoms with Crippen molar-refractivity contribution in [2.75, 3.05) is 0 Å². The van der Waals surface area contributed by atoms with Gasteiger partial charge in [0.2, 0.25) is 5.83 Å². The van der Waals surface area contributed by atoms with Gasteiger partial charge in [0, 0.05) is 5.56 Å². The first-order chi connectivity index (χ1) is 7.68. The Bertz CT molecular complexity index is 416. The van der Waals surface area contributed by atoms with Gasteiger partial charge in [-0.2, -0.15) is 22.0 Å². The van der Waals surface area contributed by atoms with E-state index >= 15 is 0 Å². The molecular formula is C10H5F7. The molecule has 0 amide bonds. The van der Waals surface area contributed by atoms with Crippen molar-refractivity contribution in [3.8, 4) is 0 Å². The highest BCUT2D eigenvalue weighted by atomic mass is 19.4. The molecule has 1 aromatic rings. The topological polar surface area (TPSA) is 0 Å². The SMILES string of the molecule is F/C(=C(/F)C(F)(F)C(F)(F)F)c1ccccc1. The van der Waals surface area contributed by atoms with Crippen molar-refractivity contribution in [3.63, 3.8) is 0 Å². The Labute approximate surface area is 91.4 Å². The number of halogens is 7. The second-order valence-corrected chi connectivity index (χ2v) is 3.07. The highest BCUT2D eigenvalue weighted by Gasteiger charge is 2.62. The molecule has 0 radical (unpaired) electrons. The van der Waals surface area contributed by atoms with Crippen LogP contribution in [0, 0.1) is 0 Å². The van der Waals surface area contributed by atoms with Crippen LogP contribution < -0.4 is 0 Å². The van der Waals surface area contributed by atoms with Gasteiger partial charge in [-0.15, -0.1) is 0 Å². The summed E-state index contributed by atoms with van der Waals surface area (Å²) in [6.07, 6.45) is -6.18. The Hall–Kier alpha value is -1.53. The molecule has 0 nitrogen and oxygen atoms in total. The van der Waals surface area contributed by atoms with Crippen molar-refractivity contribution >= 4 is 5.83 Å². The van der Waals surface area contributed by atoms with Gasteiger partial charge < -0.3 is 0 Å². The van der Waals surface area contributed by atoms with Crippen LogP contribution in [-0.4, -0.2) is 12.1 Å². The van der Waals surface area contributed by atoms with Gasteiger partial charge >= 0.3 is 12.1 Å². The van der Waals surface area contributed by atoms with Gasteiger partial charge in [-0.3, -0.25) is 0 Å². The average molecular weight is 258 g/mol. The van der Waals surface area contributed by atoms with Crippen LogP contribution >= 0.6 is 0 Å². The third-order valence-corrected chi connectivity index (χ3v) is 1.85. The average Bonchev–Trinajstić information content (AvgIpc) is 2.26. The van der Waals surface area contributed by atoms with Crippen LogP contribution in [0.1, 0.15) is 5.56 Å². The first-order valence-electron chi connectivity index (χ1n) is 4.23. The van der Waals surface area contributed by atoms with E-state index in [-0.39, 0.29) is 0 Å². The molecule has 0 aliphatic heterocycles. The molecule has 0 aliphatic carbocycles. The summed E-state index contributed by atoms with van der Waals surface area (Å²) in [5.74, 6) is -11.2. The fraction of sp³-hybridized carbons (Fsp3) is 0.200. The lowest BCUT2D eigenvalue weighted by Gasteiger charge is -2.18. The zero-order chi connectivity index (χ0) is 13.3. The molecule has 7 heteroatoms. The first-order valence-corrected chi connectivity index (χ1v) is 4.23. The minimum Gasteiger partial charge on any atom is -0.203 e. The van der Waals surface area contributed by atoms with Crippen LogP contribution in [0.15, 0.2) is 36.2 Å². The zero-order valence-electron chi connectivity index (χ0n) is 8.03. The van der Waals surface area contributed by atoms with Crippen molar-refractivity contribution in [3.05, 3.63) is 41.7 Å². The Morgan fingerprint density at radius 2 is 1.29 bits per heavy atom. The number of hydrogen-bond donors (Lipinski definition) is 0. The van der Waals surface area contributed by atoms with Crippen LogP contribution in [0.5, 0.6) is 0 Å². The minimum absolute atomic E-state index is 0.686. The molecule has 0 spiro atoms. The zero-order valence-corrected chi connectivity index (χ0v) is 8.03. The lowest BCUT2D eigenvalue weighted by atomic mass is 10.1. The van der Waals surface area contributed by atoms with E-state index in [1.165, 1.54) is 18.2 Å². The molecule has 1 rings (SSSR count). The van der Waals surface area contributed by atoms with Crippen molar-refractivity contribution in [2.24, 2.45) is 0 Å². The minimum atomic E-state index is -6.18. The quantitative estimate of drug-likeness (QED) is 0.685. The second-order valence-electron chi connectivity index (χ2n) is 3.07. The van der Waals surface area contributed by atoms with Crippen molar-refractivity contribution < 1.29 is 30.7 Å². The van der Waals surface area contributed by atoms with E-state index in [2.05, 4.69) is 0 Å². The van der Waals surface area contributed by atoms with E-state index in [1.54, 1.807) is 0 Å². The first kappa shape index (κ1) is 13.5. The summed E-state index contributed by atoms with van der Waals surface area (Å²) in [6.45, 7) is 0. The maximum Gasteiger partial charge on any atom is 0.460 e. The summed E-state index contributed by atoms with van der Waals surface area (Å²) in [6, 6.07) is 5.47. The van der Waals surface area contributed by atoms with Gasteiger partial charge in [-0.05, 0) is 0 Å². The van der Waals surface area contributed by atoms with Gasteiger partial charge in [-0.1, -0.05) is 30.3 Å². The Morgan fingerprint density at radius 3 is 1.71 bits per heavy atom. The fourth-order valence-corrected chi connectivity index (χ4v) is 0.973. The molecule has 17 heavy (non-hydrogen) atoms. The largest absolute Gasteiger partial charge is 0.460 e. The van der Waals surface area contributed by atoms with Crippen LogP contribution in [-0.2, 0) is 0 Å². The lowest BCUT2D eigenvalue weighted by Crippen LogP contribution is -2.37. The molecule has 0 bridgehead atoms. The maximum absolute atomic E-state index is 13.1. The van der Waals surface area contributed by atoms with Crippen LogP contribution in [0.3, 0.4) is 0 Å². The number of alkyl halides is 5. The molecule has 0 aliphatic rings. The number of allylic oxidation sites excluding steroid dienone is 1. The fourth-order valence-electron chi connectivity index (χ4n) is 0.973. The third-order valence-electron chi connectivity index (χ3n) is 1.85. The summed E-state index contributed by atoms with van der Waals surface area (Å²) >= 11 is 0. The predicted molar refractivity (Wildman–Crippen MR) is 46.6 cm³/mol. The molecule has 0 saturated heterocycles. The van der Waals surface area contributed by atoms with Gasteiger partial charge in [0.15, 0.2) is 5.83 Å². The van der Waals surface area contributed by atoms with Crippen LogP contribution in [0.4, 0.5) is 30.7 Å². The molecule has 0 fully saturated rings. The standard InChI is InChI=1S/C10H5F7/c11-7(6-4-2-1-3-5-6)8(12)9(13,14)10(15,16)17/h1-5H/b8-7+. The Kier molecular flexibility index (Phi) is 3.49. The molecule has 1 aromatic carbocycles. The van der Waals surface area contributed by atoms with Crippen molar-refractivity contribution in [1.29, 1.82) is 0 Å². The number of benzene rings is 1. The summed E-state index contributed by atoms with van der Waals surface area (Å²) in [4.78, 5) is 0. The summed E-state index contributed by atoms with van der Waals surface area (Å²) in [7, 11) is 0. The van der Waals surface area contributed by atoms with E-state index in [1.807, 2.05) is 0 Å². The van der Waals surface area contributed by atoms with Gasteiger partial charge in [0.25, 0.3) is 0 Å². The molecule has 0 atom stereocenters. The highest BCUT2D eigenvalue weighted by molar-refractivity contribution is 5.62. The van der Waals surface area contributed by atoms with Gasteiger partial charge in [0.05, 0.1) is 0 Å². The molecule has 0 N–H and O–H groups in total. The van der Waals surface area contributed by atoms with Crippen LogP contribution in [0.25, 0.3) is 5.83 Å². The summed E-state index contributed by atoms with van der Waals surface area (Å²) in [5, 5.41) is 0. The van der Waals surface area contributed by atoms with Crippen molar-refractivity contribution in [1.82, 2.24) is 0 Å². The van der Waals surface area contributed by atoms with Crippen LogP contribution in [0.2, 0.25) is 0 Å². The molecule has 0 heterocycles. The van der Waals surface area contributed by atoms with E-state index in [9.17, 15) is 30.7 Å². The van der Waals surface area contributed by atoms with E-state index in [4.69, 9.17) is 0 Å². The predicted octanol–water partition coefficient (Wildman–Crippen LogP) is 4.49. The smallest absolute Gasteiger partial charge is 0.203 e. The van der Waals surface area contributed by atoms with Gasteiger partial charge in [0.1, 0.15) is 0 Å². The van der Waals surface area contributed by atoms with E-state index in [0.717, 1.165) is 12.1 Å². The molecule has 0 unspecified atom stereocenters. The summed E-state index contributed by atoms with van der Waals surface area (Å²) in [5.41, 5.74) is -0.686. The third kappa shape index (κ3) is 2.59. The lowest BCUT2D eigenvalue weighted by molar-refractivity contribution is -0.270. The van der Waals surface area contributed by atoms with E-state index in [0.29, 0.717) is 0 Å². The molecule has 0 aromatic heterocycles. The second kappa shape index (κ2) is 4.38. The molecule has 94 valence electrons. The summed E-state index contributed by atoms with van der Waals surface area (Å²) < 4.78 is 86.1. The molecule has 0 saturated carbocycles.